The predicted molar refractivity (Wildman–Crippen MR) is 98.6 cm³/mol. The molecule has 2 fully saturated rings. The summed E-state index contributed by atoms with van der Waals surface area (Å²) < 4.78 is 11.1. The molecule has 2 N–H and O–H groups in total. The standard InChI is InChI=1S/C20H37NO4/c1-20(25-19(23)21-12-14-24-15-13-22)11-10-17-8-6-4-2-3-5-7-9-18(20)16-17/h17-18,22H,2-16H2,1H3,(H,21,23). The third kappa shape index (κ3) is 7.14. The van der Waals surface area contributed by atoms with E-state index < -0.39 is 0 Å². The number of aliphatic hydroxyl groups is 1. The fraction of sp³-hybridized carbons (Fsp3) is 0.950. The monoisotopic (exact) mass is 355 g/mol. The van der Waals surface area contributed by atoms with Gasteiger partial charge in [0.1, 0.15) is 5.60 Å². The lowest BCUT2D eigenvalue weighted by atomic mass is 9.69. The van der Waals surface area contributed by atoms with Crippen LogP contribution in [0.1, 0.15) is 77.6 Å². The van der Waals surface area contributed by atoms with Crippen molar-refractivity contribution in [2.45, 2.75) is 83.2 Å². The molecule has 146 valence electrons. The van der Waals surface area contributed by atoms with E-state index in [1.807, 2.05) is 0 Å². The third-order valence-corrected chi connectivity index (χ3v) is 6.02. The predicted octanol–water partition coefficient (Wildman–Crippen LogP) is 4.03. The van der Waals surface area contributed by atoms with Gasteiger partial charge in [-0.15, -0.1) is 0 Å². The summed E-state index contributed by atoms with van der Waals surface area (Å²) in [7, 11) is 0. The number of carbonyl (C=O) groups is 1. The molecule has 25 heavy (non-hydrogen) atoms. The Morgan fingerprint density at radius 1 is 1.08 bits per heavy atom. The number of carbonyl (C=O) groups excluding carboxylic acids is 1. The van der Waals surface area contributed by atoms with Crippen LogP contribution in [-0.4, -0.2) is 43.2 Å². The van der Waals surface area contributed by atoms with Crippen LogP contribution in [0.2, 0.25) is 0 Å². The second-order valence-corrected chi connectivity index (χ2v) is 8.00. The van der Waals surface area contributed by atoms with Crippen molar-refractivity contribution in [2.75, 3.05) is 26.4 Å². The van der Waals surface area contributed by atoms with Gasteiger partial charge in [0.25, 0.3) is 0 Å². The second kappa shape index (κ2) is 11.0. The number of ether oxygens (including phenoxy) is 2. The molecule has 3 unspecified atom stereocenters. The summed E-state index contributed by atoms with van der Waals surface area (Å²) in [6.45, 7) is 3.26. The van der Waals surface area contributed by atoms with Gasteiger partial charge in [0.05, 0.1) is 19.8 Å². The number of fused-ring (bicyclic) bond motifs is 2. The third-order valence-electron chi connectivity index (χ3n) is 6.02. The molecule has 0 aromatic carbocycles. The van der Waals surface area contributed by atoms with Crippen molar-refractivity contribution in [1.82, 2.24) is 5.32 Å². The van der Waals surface area contributed by atoms with Gasteiger partial charge >= 0.3 is 6.09 Å². The summed E-state index contributed by atoms with van der Waals surface area (Å²) >= 11 is 0. The van der Waals surface area contributed by atoms with Crippen molar-refractivity contribution in [3.8, 4) is 0 Å². The average molecular weight is 356 g/mol. The lowest BCUT2D eigenvalue weighted by Crippen LogP contribution is -2.46. The van der Waals surface area contributed by atoms with Gasteiger partial charge in [-0.2, -0.15) is 0 Å². The lowest BCUT2D eigenvalue weighted by molar-refractivity contribution is -0.0622. The number of rotatable bonds is 6. The Bertz CT molecular complexity index is 390. The summed E-state index contributed by atoms with van der Waals surface area (Å²) in [5, 5.41) is 11.4. The Labute approximate surface area is 152 Å². The summed E-state index contributed by atoms with van der Waals surface area (Å²) in [6, 6.07) is 0. The van der Waals surface area contributed by atoms with Crippen LogP contribution in [0.3, 0.4) is 0 Å². The molecule has 5 heteroatoms. The highest BCUT2D eigenvalue weighted by molar-refractivity contribution is 5.67. The van der Waals surface area contributed by atoms with E-state index in [0.29, 0.717) is 25.7 Å². The number of alkyl carbamates (subject to hydrolysis) is 1. The number of hydrogen-bond donors (Lipinski definition) is 2. The average Bonchev–Trinajstić information content (AvgIpc) is 2.63. The normalized spacial score (nSPS) is 31.0. The van der Waals surface area contributed by atoms with Gasteiger partial charge in [-0.05, 0) is 44.4 Å². The summed E-state index contributed by atoms with van der Waals surface area (Å²) in [5.41, 5.74) is -0.333. The molecular formula is C20H37NO4. The maximum atomic E-state index is 12.2. The number of amides is 1. The van der Waals surface area contributed by atoms with Gasteiger partial charge in [-0.25, -0.2) is 4.79 Å². The first-order valence-corrected chi connectivity index (χ1v) is 10.3. The Kier molecular flexibility index (Phi) is 9.04. The summed E-state index contributed by atoms with van der Waals surface area (Å²) in [6.07, 6.45) is 13.6. The first-order valence-electron chi connectivity index (χ1n) is 10.3. The van der Waals surface area contributed by atoms with E-state index in [-0.39, 0.29) is 18.3 Å². The molecule has 0 saturated heterocycles. The maximum Gasteiger partial charge on any atom is 0.407 e. The fourth-order valence-corrected chi connectivity index (χ4v) is 4.45. The molecule has 0 spiro atoms. The molecule has 0 aromatic heterocycles. The van der Waals surface area contributed by atoms with E-state index in [2.05, 4.69) is 12.2 Å². The van der Waals surface area contributed by atoms with Gasteiger partial charge < -0.3 is 19.9 Å². The first kappa shape index (κ1) is 20.5. The van der Waals surface area contributed by atoms with Crippen LogP contribution in [0, 0.1) is 11.8 Å². The number of hydrogen-bond acceptors (Lipinski definition) is 4. The highest BCUT2D eigenvalue weighted by Gasteiger charge is 2.42. The summed E-state index contributed by atoms with van der Waals surface area (Å²) in [5.74, 6) is 1.30. The molecule has 1 amide bonds. The van der Waals surface area contributed by atoms with Gasteiger partial charge in [-0.1, -0.05) is 44.9 Å². The van der Waals surface area contributed by atoms with E-state index >= 15 is 0 Å². The summed E-state index contributed by atoms with van der Waals surface area (Å²) in [4.78, 5) is 12.2. The van der Waals surface area contributed by atoms with Crippen LogP contribution in [0.15, 0.2) is 0 Å². The van der Waals surface area contributed by atoms with Crippen molar-refractivity contribution in [3.05, 3.63) is 0 Å². The van der Waals surface area contributed by atoms with Crippen molar-refractivity contribution in [1.29, 1.82) is 0 Å². The van der Waals surface area contributed by atoms with Crippen molar-refractivity contribution < 1.29 is 19.4 Å². The zero-order chi connectivity index (χ0) is 18.0. The smallest absolute Gasteiger partial charge is 0.407 e. The Morgan fingerprint density at radius 2 is 1.80 bits per heavy atom. The zero-order valence-electron chi connectivity index (χ0n) is 15.9. The second-order valence-electron chi connectivity index (χ2n) is 8.00. The quantitative estimate of drug-likeness (QED) is 0.706. The van der Waals surface area contributed by atoms with Gasteiger partial charge in [0.15, 0.2) is 0 Å². The topological polar surface area (TPSA) is 67.8 Å². The van der Waals surface area contributed by atoms with Gasteiger partial charge in [-0.3, -0.25) is 0 Å². The highest BCUT2D eigenvalue weighted by atomic mass is 16.6. The Balaban J connectivity index is 1.83. The molecule has 2 saturated carbocycles. The van der Waals surface area contributed by atoms with E-state index in [1.54, 1.807) is 0 Å². The first-order chi connectivity index (χ1) is 12.1. The van der Waals surface area contributed by atoms with Crippen LogP contribution in [0.4, 0.5) is 4.79 Å². The molecule has 2 aliphatic rings. The molecule has 0 radical (unpaired) electrons. The van der Waals surface area contributed by atoms with Gasteiger partial charge in [0.2, 0.25) is 0 Å². The minimum atomic E-state index is -0.333. The van der Waals surface area contributed by atoms with Gasteiger partial charge in [0, 0.05) is 6.54 Å². The molecule has 3 atom stereocenters. The highest BCUT2D eigenvalue weighted by Crippen LogP contribution is 2.44. The van der Waals surface area contributed by atoms with Crippen molar-refractivity contribution in [2.24, 2.45) is 11.8 Å². The molecule has 2 rings (SSSR count). The lowest BCUT2D eigenvalue weighted by Gasteiger charge is -2.44. The molecule has 2 bridgehead atoms. The van der Waals surface area contributed by atoms with Crippen LogP contribution in [0.25, 0.3) is 0 Å². The molecular weight excluding hydrogens is 318 g/mol. The molecule has 0 aromatic rings. The van der Waals surface area contributed by atoms with Crippen molar-refractivity contribution >= 4 is 6.09 Å². The minimum Gasteiger partial charge on any atom is -0.443 e. The SMILES string of the molecule is CC1(OC(=O)NCCOCCO)CCC2CCCCCCCCC1C2. The van der Waals surface area contributed by atoms with E-state index in [4.69, 9.17) is 14.6 Å². The van der Waals surface area contributed by atoms with Crippen LogP contribution < -0.4 is 5.32 Å². The fourth-order valence-electron chi connectivity index (χ4n) is 4.45. The van der Waals surface area contributed by atoms with E-state index in [1.165, 1.54) is 64.2 Å². The minimum absolute atomic E-state index is 0.00532. The molecule has 0 aliphatic heterocycles. The molecule has 2 aliphatic carbocycles. The molecule has 5 nitrogen and oxygen atoms in total. The number of nitrogens with one attached hydrogen (secondary N) is 1. The van der Waals surface area contributed by atoms with E-state index in [9.17, 15) is 4.79 Å². The Hall–Kier alpha value is -0.810. The van der Waals surface area contributed by atoms with Crippen LogP contribution >= 0.6 is 0 Å². The van der Waals surface area contributed by atoms with E-state index in [0.717, 1.165) is 12.3 Å². The molecule has 0 heterocycles. The van der Waals surface area contributed by atoms with Crippen molar-refractivity contribution in [3.63, 3.8) is 0 Å². The zero-order valence-corrected chi connectivity index (χ0v) is 15.9. The van der Waals surface area contributed by atoms with Crippen LogP contribution in [0.5, 0.6) is 0 Å². The Morgan fingerprint density at radius 3 is 2.56 bits per heavy atom. The maximum absolute atomic E-state index is 12.2. The largest absolute Gasteiger partial charge is 0.443 e. The van der Waals surface area contributed by atoms with Crippen LogP contribution in [-0.2, 0) is 9.47 Å². The number of aliphatic hydroxyl groups excluding tert-OH is 1.